The van der Waals surface area contributed by atoms with Gasteiger partial charge < -0.3 is 0 Å². The third-order valence-electron chi connectivity index (χ3n) is 4.80. The summed E-state index contributed by atoms with van der Waals surface area (Å²) in [6.07, 6.45) is 17.7. The fourth-order valence-corrected chi connectivity index (χ4v) is 3.62. The molecule has 0 radical (unpaired) electrons. The van der Waals surface area contributed by atoms with Crippen LogP contribution in [0.1, 0.15) is 97.8 Å². The molecule has 0 nitrogen and oxygen atoms in total. The van der Waals surface area contributed by atoms with Crippen molar-refractivity contribution in [3.8, 4) is 0 Å². The zero-order valence-electron chi connectivity index (χ0n) is 12.6. The minimum Gasteiger partial charge on any atom is -0.0654 e. The van der Waals surface area contributed by atoms with Crippen molar-refractivity contribution in [2.45, 2.75) is 97.8 Å². The van der Waals surface area contributed by atoms with Gasteiger partial charge in [-0.3, -0.25) is 0 Å². The highest BCUT2D eigenvalue weighted by atomic mass is 14.5. The summed E-state index contributed by atoms with van der Waals surface area (Å²) in [5, 5.41) is 0. The van der Waals surface area contributed by atoms with E-state index in [2.05, 4.69) is 20.8 Å². The third kappa shape index (κ3) is 5.02. The molecule has 102 valence electrons. The lowest BCUT2D eigenvalue weighted by molar-refractivity contribution is 0.242. The van der Waals surface area contributed by atoms with E-state index in [0.717, 1.165) is 11.3 Å². The SMILES string of the molecule is CCCCCCCC(CCC)C1(CCC)CC1. The zero-order valence-corrected chi connectivity index (χ0v) is 12.6. The van der Waals surface area contributed by atoms with Gasteiger partial charge in [-0.1, -0.05) is 72.1 Å². The second-order valence-corrected chi connectivity index (χ2v) is 6.30. The minimum atomic E-state index is 0.815. The molecule has 0 aromatic carbocycles. The van der Waals surface area contributed by atoms with E-state index in [0.29, 0.717) is 0 Å². The Morgan fingerprint density at radius 3 is 2.00 bits per heavy atom. The highest BCUT2D eigenvalue weighted by Gasteiger charge is 2.46. The number of hydrogen-bond donors (Lipinski definition) is 0. The maximum absolute atomic E-state index is 2.37. The van der Waals surface area contributed by atoms with Crippen LogP contribution in [0.3, 0.4) is 0 Å². The van der Waals surface area contributed by atoms with Crippen LogP contribution >= 0.6 is 0 Å². The molecule has 0 heteroatoms. The van der Waals surface area contributed by atoms with Gasteiger partial charge in [0.15, 0.2) is 0 Å². The second-order valence-electron chi connectivity index (χ2n) is 6.30. The molecule has 1 aliphatic rings. The van der Waals surface area contributed by atoms with Crippen molar-refractivity contribution >= 4 is 0 Å². The van der Waals surface area contributed by atoms with Crippen LogP contribution in [0.2, 0.25) is 0 Å². The van der Waals surface area contributed by atoms with Crippen molar-refractivity contribution in [3.63, 3.8) is 0 Å². The van der Waals surface area contributed by atoms with Crippen LogP contribution in [0.25, 0.3) is 0 Å². The van der Waals surface area contributed by atoms with Gasteiger partial charge in [0.1, 0.15) is 0 Å². The average Bonchev–Trinajstić information content (AvgIpc) is 3.09. The van der Waals surface area contributed by atoms with Crippen LogP contribution in [0.4, 0.5) is 0 Å². The fraction of sp³-hybridized carbons (Fsp3) is 1.00. The first-order chi connectivity index (χ1) is 8.29. The highest BCUT2D eigenvalue weighted by Crippen LogP contribution is 2.58. The van der Waals surface area contributed by atoms with Crippen LogP contribution in [-0.2, 0) is 0 Å². The Morgan fingerprint density at radius 2 is 1.47 bits per heavy atom. The van der Waals surface area contributed by atoms with Gasteiger partial charge in [0.25, 0.3) is 0 Å². The van der Waals surface area contributed by atoms with Crippen molar-refractivity contribution in [3.05, 3.63) is 0 Å². The second kappa shape index (κ2) is 8.16. The van der Waals surface area contributed by atoms with E-state index in [1.54, 1.807) is 12.8 Å². The maximum Gasteiger partial charge on any atom is -0.0269 e. The number of rotatable bonds is 11. The van der Waals surface area contributed by atoms with E-state index >= 15 is 0 Å². The summed E-state index contributed by atoms with van der Waals surface area (Å²) in [5.74, 6) is 1.06. The number of unbranched alkanes of at least 4 members (excludes halogenated alkanes) is 4. The lowest BCUT2D eigenvalue weighted by Gasteiger charge is -2.26. The lowest BCUT2D eigenvalue weighted by Crippen LogP contribution is -2.16. The maximum atomic E-state index is 2.37. The van der Waals surface area contributed by atoms with Crippen molar-refractivity contribution in [2.24, 2.45) is 11.3 Å². The smallest absolute Gasteiger partial charge is 0.0269 e. The predicted octanol–water partition coefficient (Wildman–Crippen LogP) is 6.34. The van der Waals surface area contributed by atoms with Crippen molar-refractivity contribution in [1.82, 2.24) is 0 Å². The van der Waals surface area contributed by atoms with Crippen LogP contribution in [0.5, 0.6) is 0 Å². The summed E-state index contributed by atoms with van der Waals surface area (Å²) in [7, 11) is 0. The largest absolute Gasteiger partial charge is 0.0654 e. The molecule has 1 fully saturated rings. The van der Waals surface area contributed by atoms with Gasteiger partial charge in [0.05, 0.1) is 0 Å². The first-order valence-electron chi connectivity index (χ1n) is 8.29. The zero-order chi connectivity index (χ0) is 12.6. The van der Waals surface area contributed by atoms with Gasteiger partial charge in [-0.25, -0.2) is 0 Å². The van der Waals surface area contributed by atoms with E-state index in [9.17, 15) is 0 Å². The molecule has 0 heterocycles. The molecule has 0 bridgehead atoms. The van der Waals surface area contributed by atoms with Gasteiger partial charge in [0.2, 0.25) is 0 Å². The molecule has 0 aromatic heterocycles. The van der Waals surface area contributed by atoms with E-state index in [-0.39, 0.29) is 0 Å². The first kappa shape index (κ1) is 15.1. The van der Waals surface area contributed by atoms with Crippen molar-refractivity contribution in [2.75, 3.05) is 0 Å². The molecule has 0 N–H and O–H groups in total. The number of hydrogen-bond acceptors (Lipinski definition) is 0. The topological polar surface area (TPSA) is 0 Å². The summed E-state index contributed by atoms with van der Waals surface area (Å²) in [6, 6.07) is 0. The summed E-state index contributed by atoms with van der Waals surface area (Å²) in [6.45, 7) is 7.04. The Kier molecular flexibility index (Phi) is 7.23. The monoisotopic (exact) mass is 238 g/mol. The van der Waals surface area contributed by atoms with E-state index in [1.165, 1.54) is 64.2 Å². The first-order valence-corrected chi connectivity index (χ1v) is 8.29. The highest BCUT2D eigenvalue weighted by molar-refractivity contribution is 4.97. The minimum absolute atomic E-state index is 0.815. The molecule has 0 saturated heterocycles. The average molecular weight is 238 g/mol. The van der Waals surface area contributed by atoms with Gasteiger partial charge in [-0.2, -0.15) is 0 Å². The standard InChI is InChI=1S/C17H34/c1-4-7-8-9-10-12-16(11-5-2)17(13-6-3)14-15-17/h16H,4-15H2,1-3H3. The van der Waals surface area contributed by atoms with Gasteiger partial charge in [0, 0.05) is 0 Å². The molecular formula is C17H34. The molecule has 0 aliphatic heterocycles. The van der Waals surface area contributed by atoms with Crippen molar-refractivity contribution < 1.29 is 0 Å². The normalized spacial score (nSPS) is 19.2. The van der Waals surface area contributed by atoms with Gasteiger partial charge in [-0.05, 0) is 37.0 Å². The fourth-order valence-electron chi connectivity index (χ4n) is 3.62. The Balaban J connectivity index is 2.23. The molecule has 0 spiro atoms. The van der Waals surface area contributed by atoms with Gasteiger partial charge >= 0.3 is 0 Å². The summed E-state index contributed by atoms with van der Waals surface area (Å²) in [4.78, 5) is 0. The Bertz CT molecular complexity index is 178. The molecule has 0 aromatic rings. The third-order valence-corrected chi connectivity index (χ3v) is 4.80. The van der Waals surface area contributed by atoms with Crippen LogP contribution < -0.4 is 0 Å². The molecule has 17 heavy (non-hydrogen) atoms. The lowest BCUT2D eigenvalue weighted by atomic mass is 9.79. The van der Waals surface area contributed by atoms with E-state index in [4.69, 9.17) is 0 Å². The Labute approximate surface area is 110 Å². The van der Waals surface area contributed by atoms with Crippen LogP contribution in [-0.4, -0.2) is 0 Å². The van der Waals surface area contributed by atoms with E-state index in [1.807, 2.05) is 0 Å². The van der Waals surface area contributed by atoms with Gasteiger partial charge in [-0.15, -0.1) is 0 Å². The van der Waals surface area contributed by atoms with Crippen LogP contribution in [0, 0.1) is 11.3 Å². The quantitative estimate of drug-likeness (QED) is 0.368. The summed E-state index contributed by atoms with van der Waals surface area (Å²) >= 11 is 0. The van der Waals surface area contributed by atoms with Crippen molar-refractivity contribution in [1.29, 1.82) is 0 Å². The molecule has 1 rings (SSSR count). The summed E-state index contributed by atoms with van der Waals surface area (Å²) in [5.41, 5.74) is 0.815. The Morgan fingerprint density at radius 1 is 0.765 bits per heavy atom. The molecule has 1 saturated carbocycles. The molecular weight excluding hydrogens is 204 g/mol. The molecule has 1 unspecified atom stereocenters. The molecule has 0 amide bonds. The Hall–Kier alpha value is 0. The molecule has 1 aliphatic carbocycles. The van der Waals surface area contributed by atoms with Crippen LogP contribution in [0.15, 0.2) is 0 Å². The summed E-state index contributed by atoms with van der Waals surface area (Å²) < 4.78 is 0. The molecule has 1 atom stereocenters. The van der Waals surface area contributed by atoms with E-state index < -0.39 is 0 Å². The predicted molar refractivity (Wildman–Crippen MR) is 78.3 cm³/mol.